The Labute approximate surface area is 101 Å². The van der Waals surface area contributed by atoms with Crippen molar-refractivity contribution in [3.63, 3.8) is 0 Å². The highest BCUT2D eigenvalue weighted by atomic mass is 16.4. The normalized spacial score (nSPS) is 10.9. The monoisotopic (exact) mass is 243 g/mol. The Kier molecular flexibility index (Phi) is 2.16. The second-order valence-electron chi connectivity index (χ2n) is 3.82. The minimum atomic E-state index is -1.13. The van der Waals surface area contributed by atoms with Crippen molar-refractivity contribution in [2.75, 3.05) is 0 Å². The van der Waals surface area contributed by atoms with Crippen LogP contribution in [-0.2, 0) is 7.05 Å². The fraction of sp³-hybridized carbons (Fsp3) is 0.0833. The lowest BCUT2D eigenvalue weighted by Gasteiger charge is -1.93. The molecule has 2 heterocycles. The van der Waals surface area contributed by atoms with E-state index < -0.39 is 5.97 Å². The second-order valence-corrected chi connectivity index (χ2v) is 3.82. The molecule has 6 heteroatoms. The number of fused-ring (bicyclic) bond motifs is 1. The number of hydrogen-bond acceptors (Lipinski definition) is 4. The number of aromatic nitrogens is 3. The van der Waals surface area contributed by atoms with E-state index in [9.17, 15) is 4.79 Å². The molecule has 90 valence electrons. The molecule has 0 atom stereocenters. The Hall–Kier alpha value is -2.63. The zero-order chi connectivity index (χ0) is 12.7. The summed E-state index contributed by atoms with van der Waals surface area (Å²) in [5.41, 5.74) is 1.27. The highest BCUT2D eigenvalue weighted by Gasteiger charge is 2.22. The van der Waals surface area contributed by atoms with E-state index in [1.165, 1.54) is 0 Å². The molecule has 18 heavy (non-hydrogen) atoms. The molecule has 0 spiro atoms. The molecule has 0 saturated carbocycles. The minimum absolute atomic E-state index is 0.126. The van der Waals surface area contributed by atoms with Crippen molar-refractivity contribution in [3.05, 3.63) is 36.4 Å². The molecule has 3 aromatic rings. The summed E-state index contributed by atoms with van der Waals surface area (Å²) in [6.07, 6.45) is 1.11. The molecule has 0 saturated heterocycles. The van der Waals surface area contributed by atoms with Gasteiger partial charge >= 0.3 is 5.97 Å². The number of oxazole rings is 1. The lowest BCUT2D eigenvalue weighted by molar-refractivity contribution is 0.0691. The quantitative estimate of drug-likeness (QED) is 0.743. The van der Waals surface area contributed by atoms with Crippen LogP contribution in [-0.4, -0.2) is 25.8 Å². The van der Waals surface area contributed by atoms with Crippen LogP contribution in [0.2, 0.25) is 0 Å². The van der Waals surface area contributed by atoms with Gasteiger partial charge in [-0.2, -0.15) is 5.10 Å². The topological polar surface area (TPSA) is 81.2 Å². The van der Waals surface area contributed by atoms with Gasteiger partial charge in [-0.25, -0.2) is 9.78 Å². The highest BCUT2D eigenvalue weighted by Crippen LogP contribution is 2.29. The molecule has 0 fully saturated rings. The Morgan fingerprint density at radius 3 is 2.94 bits per heavy atom. The van der Waals surface area contributed by atoms with Crippen molar-refractivity contribution < 1.29 is 14.3 Å². The van der Waals surface area contributed by atoms with Crippen LogP contribution in [0.4, 0.5) is 0 Å². The lowest BCUT2D eigenvalue weighted by Crippen LogP contribution is -1.99. The van der Waals surface area contributed by atoms with Gasteiger partial charge in [-0.05, 0) is 6.07 Å². The van der Waals surface area contributed by atoms with E-state index in [1.807, 2.05) is 24.3 Å². The second kappa shape index (κ2) is 3.69. The van der Waals surface area contributed by atoms with Crippen LogP contribution in [0.3, 0.4) is 0 Å². The molecular weight excluding hydrogens is 234 g/mol. The van der Waals surface area contributed by atoms with E-state index in [0.29, 0.717) is 5.69 Å². The maximum Gasteiger partial charge on any atom is 0.358 e. The Bertz CT molecular complexity index is 742. The number of nitrogens with zero attached hydrogens (tertiary/aromatic N) is 3. The number of aromatic carboxylic acids is 1. The van der Waals surface area contributed by atoms with Crippen LogP contribution < -0.4 is 0 Å². The number of hydrogen-bond donors (Lipinski definition) is 1. The van der Waals surface area contributed by atoms with Crippen molar-refractivity contribution in [2.24, 2.45) is 7.05 Å². The van der Waals surface area contributed by atoms with Gasteiger partial charge in [0.15, 0.2) is 17.8 Å². The third-order valence-electron chi connectivity index (χ3n) is 2.74. The van der Waals surface area contributed by atoms with E-state index in [4.69, 9.17) is 9.52 Å². The summed E-state index contributed by atoms with van der Waals surface area (Å²) in [5.74, 6) is -0.951. The van der Waals surface area contributed by atoms with Crippen LogP contribution >= 0.6 is 0 Å². The van der Waals surface area contributed by atoms with Crippen LogP contribution in [0.15, 0.2) is 35.1 Å². The van der Waals surface area contributed by atoms with Crippen LogP contribution in [0.25, 0.3) is 22.4 Å². The van der Waals surface area contributed by atoms with Crippen molar-refractivity contribution in [3.8, 4) is 11.5 Å². The maximum atomic E-state index is 11.0. The summed E-state index contributed by atoms with van der Waals surface area (Å²) in [7, 11) is 1.79. The maximum absolute atomic E-state index is 11.0. The Balaban J connectivity index is 2.32. The molecule has 0 amide bonds. The Morgan fingerprint density at radius 1 is 1.39 bits per heavy atom. The average Bonchev–Trinajstić information content (AvgIpc) is 2.95. The van der Waals surface area contributed by atoms with E-state index in [2.05, 4.69) is 10.1 Å². The summed E-state index contributed by atoms with van der Waals surface area (Å²) in [4.78, 5) is 14.7. The number of carboxylic acids is 1. The summed E-state index contributed by atoms with van der Waals surface area (Å²) in [6, 6.07) is 7.53. The van der Waals surface area contributed by atoms with Crippen LogP contribution in [0.1, 0.15) is 10.5 Å². The number of para-hydroxylation sites is 1. The van der Waals surface area contributed by atoms with Crippen molar-refractivity contribution in [1.82, 2.24) is 14.8 Å². The van der Waals surface area contributed by atoms with Gasteiger partial charge in [0.25, 0.3) is 0 Å². The number of benzene rings is 1. The molecular formula is C12H9N3O3. The average molecular weight is 243 g/mol. The van der Waals surface area contributed by atoms with Crippen molar-refractivity contribution in [2.45, 2.75) is 0 Å². The number of aryl methyl sites for hydroxylation is 1. The third kappa shape index (κ3) is 1.39. The summed E-state index contributed by atoms with van der Waals surface area (Å²) in [5, 5.41) is 14.2. The molecule has 1 N–H and O–H groups in total. The molecule has 0 bridgehead atoms. The number of carbonyl (C=O) groups is 1. The molecule has 6 nitrogen and oxygen atoms in total. The molecule has 0 aliphatic carbocycles. The van der Waals surface area contributed by atoms with E-state index in [0.717, 1.165) is 17.3 Å². The first-order chi connectivity index (χ1) is 8.68. The smallest absolute Gasteiger partial charge is 0.358 e. The predicted molar refractivity (Wildman–Crippen MR) is 63.2 cm³/mol. The number of rotatable bonds is 2. The van der Waals surface area contributed by atoms with Gasteiger partial charge in [-0.1, -0.05) is 18.2 Å². The summed E-state index contributed by atoms with van der Waals surface area (Å²) < 4.78 is 6.85. The zero-order valence-electron chi connectivity index (χ0n) is 9.49. The molecule has 0 aliphatic heterocycles. The van der Waals surface area contributed by atoms with E-state index in [1.54, 1.807) is 11.7 Å². The molecule has 0 unspecified atom stereocenters. The first kappa shape index (κ1) is 10.5. The standard InChI is InChI=1S/C12H9N3O3/c1-15-8-5-3-2-4-7(8)9(14-15)11-10(12(16)17)13-6-18-11/h2-6H,1H3,(H,16,17). The lowest BCUT2D eigenvalue weighted by atomic mass is 10.1. The summed E-state index contributed by atoms with van der Waals surface area (Å²) >= 11 is 0. The van der Waals surface area contributed by atoms with Gasteiger partial charge < -0.3 is 9.52 Å². The van der Waals surface area contributed by atoms with Gasteiger partial charge in [-0.3, -0.25) is 4.68 Å². The highest BCUT2D eigenvalue weighted by molar-refractivity contribution is 5.98. The van der Waals surface area contributed by atoms with E-state index in [-0.39, 0.29) is 11.5 Å². The van der Waals surface area contributed by atoms with Crippen molar-refractivity contribution in [1.29, 1.82) is 0 Å². The molecule has 1 aromatic carbocycles. The zero-order valence-corrected chi connectivity index (χ0v) is 9.49. The fourth-order valence-electron chi connectivity index (χ4n) is 1.95. The summed E-state index contributed by atoms with van der Waals surface area (Å²) in [6.45, 7) is 0. The minimum Gasteiger partial charge on any atom is -0.476 e. The van der Waals surface area contributed by atoms with Gasteiger partial charge in [0.1, 0.15) is 5.69 Å². The van der Waals surface area contributed by atoms with Gasteiger partial charge in [0.05, 0.1) is 5.52 Å². The molecule has 0 radical (unpaired) electrons. The largest absolute Gasteiger partial charge is 0.476 e. The first-order valence-corrected chi connectivity index (χ1v) is 5.27. The number of carboxylic acid groups (broad SMARTS) is 1. The third-order valence-corrected chi connectivity index (χ3v) is 2.74. The van der Waals surface area contributed by atoms with Gasteiger partial charge in [0, 0.05) is 12.4 Å². The Morgan fingerprint density at radius 2 is 2.17 bits per heavy atom. The fourth-order valence-corrected chi connectivity index (χ4v) is 1.95. The first-order valence-electron chi connectivity index (χ1n) is 5.27. The van der Waals surface area contributed by atoms with Crippen molar-refractivity contribution >= 4 is 16.9 Å². The van der Waals surface area contributed by atoms with Crippen LogP contribution in [0.5, 0.6) is 0 Å². The predicted octanol–water partition coefficient (Wildman–Crippen LogP) is 1.93. The van der Waals surface area contributed by atoms with Crippen LogP contribution in [0, 0.1) is 0 Å². The molecule has 2 aromatic heterocycles. The van der Waals surface area contributed by atoms with Gasteiger partial charge in [0.2, 0.25) is 0 Å². The SMILES string of the molecule is Cn1nc(-c2ocnc2C(=O)O)c2ccccc21. The molecule has 0 aliphatic rings. The van der Waals surface area contributed by atoms with E-state index >= 15 is 0 Å². The van der Waals surface area contributed by atoms with Gasteiger partial charge in [-0.15, -0.1) is 0 Å². The molecule has 3 rings (SSSR count).